The van der Waals surface area contributed by atoms with Crippen molar-refractivity contribution in [2.45, 2.75) is 71.6 Å². The summed E-state index contributed by atoms with van der Waals surface area (Å²) in [7, 11) is 0. The van der Waals surface area contributed by atoms with Gasteiger partial charge in [-0.15, -0.1) is 0 Å². The summed E-state index contributed by atoms with van der Waals surface area (Å²) in [6.07, 6.45) is 11.5. The molecule has 0 bridgehead atoms. The number of thioether (sulfide) groups is 1. The van der Waals surface area contributed by atoms with E-state index >= 15 is 0 Å². The van der Waals surface area contributed by atoms with Gasteiger partial charge in [0.2, 0.25) is 0 Å². The van der Waals surface area contributed by atoms with Gasteiger partial charge in [0, 0.05) is 25.4 Å². The van der Waals surface area contributed by atoms with Crippen molar-refractivity contribution in [2.24, 2.45) is 0 Å². The van der Waals surface area contributed by atoms with Gasteiger partial charge in [-0.25, -0.2) is 0 Å². The van der Waals surface area contributed by atoms with E-state index in [1.807, 2.05) is 11.8 Å². The molecule has 0 aliphatic rings. The van der Waals surface area contributed by atoms with Crippen molar-refractivity contribution in [3.63, 3.8) is 0 Å². The van der Waals surface area contributed by atoms with Gasteiger partial charge in [-0.3, -0.25) is 0 Å². The first kappa shape index (κ1) is 20.2. The van der Waals surface area contributed by atoms with E-state index in [2.05, 4.69) is 18.7 Å². The van der Waals surface area contributed by atoms with Crippen molar-refractivity contribution >= 4 is 28.3 Å². The van der Waals surface area contributed by atoms with Crippen molar-refractivity contribution in [3.8, 4) is 0 Å². The van der Waals surface area contributed by atoms with Crippen LogP contribution in [0.3, 0.4) is 0 Å². The standard InChI is InChI=1S/C16H33NOS2/c1-3-17(4-2)16(19)20-15-13-11-9-7-5-6-8-10-12-14-18/h18H,3-15H2,1-2H3. The average molecular weight is 320 g/mol. The Kier molecular flexibility index (Phi) is 15.7. The highest BCUT2D eigenvalue weighted by Gasteiger charge is 2.04. The van der Waals surface area contributed by atoms with E-state index < -0.39 is 0 Å². The van der Waals surface area contributed by atoms with Crippen molar-refractivity contribution in [3.05, 3.63) is 0 Å². The highest BCUT2D eigenvalue weighted by molar-refractivity contribution is 8.22. The third-order valence-electron chi connectivity index (χ3n) is 3.55. The number of thiocarbonyl (C=S) groups is 1. The molecule has 0 rings (SSSR count). The first-order valence-corrected chi connectivity index (χ1v) is 9.68. The highest BCUT2D eigenvalue weighted by atomic mass is 32.2. The van der Waals surface area contributed by atoms with Crippen LogP contribution in [0.2, 0.25) is 0 Å². The van der Waals surface area contributed by atoms with Gasteiger partial charge >= 0.3 is 0 Å². The summed E-state index contributed by atoms with van der Waals surface area (Å²) < 4.78 is 1.07. The third kappa shape index (κ3) is 12.0. The van der Waals surface area contributed by atoms with E-state index in [-0.39, 0.29) is 0 Å². The lowest BCUT2D eigenvalue weighted by molar-refractivity contribution is 0.282. The molecule has 0 aromatic heterocycles. The van der Waals surface area contributed by atoms with Crippen LogP contribution >= 0.6 is 24.0 Å². The molecule has 0 radical (unpaired) electrons. The van der Waals surface area contributed by atoms with Crippen LogP contribution in [0.15, 0.2) is 0 Å². The molecular formula is C16H33NOS2. The SMILES string of the molecule is CCN(CC)C(=S)SCCCCCCCCCCCO. The molecule has 0 heterocycles. The largest absolute Gasteiger partial charge is 0.396 e. The Bertz CT molecular complexity index is 221. The van der Waals surface area contributed by atoms with Crippen molar-refractivity contribution < 1.29 is 5.11 Å². The molecule has 0 aliphatic heterocycles. The van der Waals surface area contributed by atoms with Crippen molar-refractivity contribution in [1.82, 2.24) is 4.90 Å². The van der Waals surface area contributed by atoms with Gasteiger partial charge in [0.25, 0.3) is 0 Å². The van der Waals surface area contributed by atoms with Crippen LogP contribution < -0.4 is 0 Å². The van der Waals surface area contributed by atoms with Crippen molar-refractivity contribution in [1.29, 1.82) is 0 Å². The first-order chi connectivity index (χ1) is 9.76. The monoisotopic (exact) mass is 319 g/mol. The molecule has 0 aromatic rings. The van der Waals surface area contributed by atoms with Crippen LogP contribution in [0, 0.1) is 0 Å². The summed E-state index contributed by atoms with van der Waals surface area (Å²) in [5, 5.41) is 8.68. The van der Waals surface area contributed by atoms with Gasteiger partial charge in [-0.05, 0) is 26.7 Å². The van der Waals surface area contributed by atoms with Crippen LogP contribution in [-0.4, -0.2) is 39.8 Å². The van der Waals surface area contributed by atoms with Gasteiger partial charge in [0.05, 0.1) is 0 Å². The van der Waals surface area contributed by atoms with Gasteiger partial charge in [-0.1, -0.05) is 68.9 Å². The van der Waals surface area contributed by atoms with E-state index in [4.69, 9.17) is 17.3 Å². The molecule has 2 nitrogen and oxygen atoms in total. The second-order valence-corrected chi connectivity index (χ2v) is 6.92. The Morgan fingerprint density at radius 2 is 1.30 bits per heavy atom. The summed E-state index contributed by atoms with van der Waals surface area (Å²) in [6.45, 7) is 6.73. The number of rotatable bonds is 13. The van der Waals surface area contributed by atoms with Crippen LogP contribution in [0.1, 0.15) is 71.6 Å². The first-order valence-electron chi connectivity index (χ1n) is 8.28. The molecule has 1 N–H and O–H groups in total. The van der Waals surface area contributed by atoms with E-state index in [1.54, 1.807) is 0 Å². The fourth-order valence-electron chi connectivity index (χ4n) is 2.18. The molecule has 120 valence electrons. The zero-order valence-corrected chi connectivity index (χ0v) is 15.0. The van der Waals surface area contributed by atoms with Crippen LogP contribution in [0.4, 0.5) is 0 Å². The maximum atomic E-state index is 8.68. The third-order valence-corrected chi connectivity index (χ3v) is 5.16. The number of nitrogens with zero attached hydrogens (tertiary/aromatic N) is 1. The Hall–Kier alpha value is 0.200. The molecule has 0 atom stereocenters. The molecule has 0 spiro atoms. The second-order valence-electron chi connectivity index (χ2n) is 5.19. The zero-order chi connectivity index (χ0) is 15.1. The minimum Gasteiger partial charge on any atom is -0.396 e. The van der Waals surface area contributed by atoms with Crippen LogP contribution in [-0.2, 0) is 0 Å². The highest BCUT2D eigenvalue weighted by Crippen LogP contribution is 2.14. The maximum Gasteiger partial charge on any atom is 0.136 e. The topological polar surface area (TPSA) is 23.5 Å². The molecule has 0 fully saturated rings. The fraction of sp³-hybridized carbons (Fsp3) is 0.938. The number of aliphatic hydroxyl groups excluding tert-OH is 1. The summed E-state index contributed by atoms with van der Waals surface area (Å²) in [6, 6.07) is 0. The average Bonchev–Trinajstić information content (AvgIpc) is 2.46. The Labute approximate surface area is 135 Å². The number of unbranched alkanes of at least 4 members (excludes halogenated alkanes) is 8. The number of hydrogen-bond donors (Lipinski definition) is 1. The van der Waals surface area contributed by atoms with E-state index in [0.29, 0.717) is 6.61 Å². The molecule has 0 aliphatic carbocycles. The van der Waals surface area contributed by atoms with Gasteiger partial charge in [0.1, 0.15) is 4.32 Å². The molecule has 0 aromatic carbocycles. The van der Waals surface area contributed by atoms with Gasteiger partial charge in [-0.2, -0.15) is 0 Å². The summed E-state index contributed by atoms with van der Waals surface area (Å²) in [4.78, 5) is 2.26. The number of hydrogen-bond acceptors (Lipinski definition) is 3. The fourth-order valence-corrected chi connectivity index (χ4v) is 3.66. The minimum atomic E-state index is 0.354. The van der Waals surface area contributed by atoms with E-state index in [0.717, 1.165) is 23.8 Å². The van der Waals surface area contributed by atoms with E-state index in [1.165, 1.54) is 57.1 Å². The number of aliphatic hydroxyl groups is 1. The minimum absolute atomic E-state index is 0.354. The lowest BCUT2D eigenvalue weighted by atomic mass is 10.1. The molecule has 0 saturated heterocycles. The zero-order valence-electron chi connectivity index (χ0n) is 13.4. The molecule has 0 amide bonds. The summed E-state index contributed by atoms with van der Waals surface area (Å²) >= 11 is 7.26. The van der Waals surface area contributed by atoms with Crippen molar-refractivity contribution in [2.75, 3.05) is 25.4 Å². The Morgan fingerprint density at radius 1 is 0.850 bits per heavy atom. The predicted octanol–water partition coefficient (Wildman–Crippen LogP) is 4.85. The van der Waals surface area contributed by atoms with Crippen LogP contribution in [0.25, 0.3) is 0 Å². The van der Waals surface area contributed by atoms with Gasteiger partial charge in [0.15, 0.2) is 0 Å². The summed E-state index contributed by atoms with van der Waals surface area (Å²) in [5.74, 6) is 1.17. The van der Waals surface area contributed by atoms with Crippen LogP contribution in [0.5, 0.6) is 0 Å². The lowest BCUT2D eigenvalue weighted by Gasteiger charge is -2.20. The normalized spacial score (nSPS) is 10.8. The second kappa shape index (κ2) is 15.6. The lowest BCUT2D eigenvalue weighted by Crippen LogP contribution is -2.26. The summed E-state index contributed by atoms with van der Waals surface area (Å²) in [5.41, 5.74) is 0. The Morgan fingerprint density at radius 3 is 1.75 bits per heavy atom. The molecule has 0 saturated carbocycles. The predicted molar refractivity (Wildman–Crippen MR) is 96.6 cm³/mol. The molecule has 20 heavy (non-hydrogen) atoms. The smallest absolute Gasteiger partial charge is 0.136 e. The molecular weight excluding hydrogens is 286 g/mol. The maximum absolute atomic E-state index is 8.68. The van der Waals surface area contributed by atoms with E-state index in [9.17, 15) is 0 Å². The molecule has 4 heteroatoms. The molecule has 0 unspecified atom stereocenters. The quantitative estimate of drug-likeness (QED) is 0.387. The Balaban J connectivity index is 3.22. The van der Waals surface area contributed by atoms with Gasteiger partial charge < -0.3 is 10.0 Å².